The molecule has 3 aromatic carbocycles. The van der Waals surface area contributed by atoms with E-state index in [-0.39, 0.29) is 5.82 Å². The fraction of sp³-hybridized carbons (Fsp3) is 0.111. The van der Waals surface area contributed by atoms with Crippen molar-refractivity contribution in [1.82, 2.24) is 24.7 Å². The van der Waals surface area contributed by atoms with Gasteiger partial charge in [0.25, 0.3) is 0 Å². The van der Waals surface area contributed by atoms with Crippen LogP contribution in [0.1, 0.15) is 5.82 Å². The smallest absolute Gasteiger partial charge is 0.127 e. The van der Waals surface area contributed by atoms with E-state index in [1.165, 1.54) is 19.2 Å². The highest BCUT2D eigenvalue weighted by Gasteiger charge is 2.16. The zero-order valence-corrected chi connectivity index (χ0v) is 19.0. The SMILES string of the molecule is COc1cc(F)cc(-c2cccc3[nH]c(-c4n[nH]c5ccc(-c6cnc(C)n6C)cc45)cc23)c1. The summed E-state index contributed by atoms with van der Waals surface area (Å²) >= 11 is 0. The zero-order valence-electron chi connectivity index (χ0n) is 19.0. The summed E-state index contributed by atoms with van der Waals surface area (Å²) in [5.41, 5.74) is 7.41. The third-order valence-corrected chi connectivity index (χ3v) is 6.42. The number of halogens is 1. The van der Waals surface area contributed by atoms with Crippen LogP contribution >= 0.6 is 0 Å². The third kappa shape index (κ3) is 3.16. The monoisotopic (exact) mass is 451 g/mol. The summed E-state index contributed by atoms with van der Waals surface area (Å²) in [5, 5.41) is 9.75. The number of H-pyrrole nitrogens is 2. The Morgan fingerprint density at radius 3 is 2.62 bits per heavy atom. The van der Waals surface area contributed by atoms with Crippen molar-refractivity contribution < 1.29 is 9.13 Å². The molecule has 0 aliphatic carbocycles. The lowest BCUT2D eigenvalue weighted by Crippen LogP contribution is -1.94. The molecular formula is C27H22FN5O. The number of hydrogen-bond donors (Lipinski definition) is 2. The van der Waals surface area contributed by atoms with E-state index in [0.29, 0.717) is 5.75 Å². The highest BCUT2D eigenvalue weighted by atomic mass is 19.1. The molecule has 6 nitrogen and oxygen atoms in total. The predicted octanol–water partition coefficient (Wildman–Crippen LogP) is 6.23. The molecule has 0 saturated carbocycles. The molecule has 0 unspecified atom stereocenters. The number of hydrogen-bond acceptors (Lipinski definition) is 3. The lowest BCUT2D eigenvalue weighted by atomic mass is 10.0. The van der Waals surface area contributed by atoms with E-state index in [1.807, 2.05) is 50.5 Å². The summed E-state index contributed by atoms with van der Waals surface area (Å²) in [6.07, 6.45) is 1.89. The molecule has 0 atom stereocenters. The predicted molar refractivity (Wildman–Crippen MR) is 132 cm³/mol. The Hall–Kier alpha value is -4.39. The third-order valence-electron chi connectivity index (χ3n) is 6.42. The van der Waals surface area contributed by atoms with Crippen LogP contribution in [-0.4, -0.2) is 31.8 Å². The van der Waals surface area contributed by atoms with Gasteiger partial charge in [0.05, 0.1) is 30.2 Å². The van der Waals surface area contributed by atoms with Gasteiger partial charge in [-0.15, -0.1) is 0 Å². The summed E-state index contributed by atoms with van der Waals surface area (Å²) < 4.78 is 21.5. The van der Waals surface area contributed by atoms with E-state index in [4.69, 9.17) is 4.74 Å². The van der Waals surface area contributed by atoms with Gasteiger partial charge in [-0.2, -0.15) is 5.10 Å². The van der Waals surface area contributed by atoms with Crippen molar-refractivity contribution in [3.8, 4) is 39.5 Å². The lowest BCUT2D eigenvalue weighted by molar-refractivity contribution is 0.411. The number of aromatic nitrogens is 5. The minimum Gasteiger partial charge on any atom is -0.497 e. The van der Waals surface area contributed by atoms with Gasteiger partial charge in [0.2, 0.25) is 0 Å². The van der Waals surface area contributed by atoms with Gasteiger partial charge in [0, 0.05) is 35.0 Å². The Kier molecular flexibility index (Phi) is 4.52. The Morgan fingerprint density at radius 2 is 1.82 bits per heavy atom. The summed E-state index contributed by atoms with van der Waals surface area (Å²) in [6, 6.07) is 19.0. The summed E-state index contributed by atoms with van der Waals surface area (Å²) in [6.45, 7) is 1.99. The number of imidazole rings is 1. The quantitative estimate of drug-likeness (QED) is 0.334. The molecule has 34 heavy (non-hydrogen) atoms. The van der Waals surface area contributed by atoms with Crippen LogP contribution in [-0.2, 0) is 7.05 Å². The molecule has 0 aliphatic rings. The van der Waals surface area contributed by atoms with Crippen LogP contribution in [0.5, 0.6) is 5.75 Å². The van der Waals surface area contributed by atoms with Crippen LogP contribution in [0.2, 0.25) is 0 Å². The second-order valence-corrected chi connectivity index (χ2v) is 8.41. The maximum absolute atomic E-state index is 14.2. The molecule has 0 saturated heterocycles. The van der Waals surface area contributed by atoms with Crippen molar-refractivity contribution in [3.05, 3.63) is 78.5 Å². The van der Waals surface area contributed by atoms with Crippen LogP contribution in [0.25, 0.3) is 55.6 Å². The van der Waals surface area contributed by atoms with Crippen LogP contribution in [0, 0.1) is 12.7 Å². The number of aryl methyl sites for hydroxylation is 1. The minimum absolute atomic E-state index is 0.335. The number of nitrogens with one attached hydrogen (secondary N) is 2. The highest BCUT2D eigenvalue weighted by molar-refractivity contribution is 6.01. The molecule has 0 radical (unpaired) electrons. The Balaban J connectivity index is 1.50. The molecular weight excluding hydrogens is 429 g/mol. The topological polar surface area (TPSA) is 71.5 Å². The standard InChI is InChI=1S/C27H22FN5O/c1-15-29-14-26(33(15)2)16-7-8-24-22(11-16)27(32-31-24)25-13-21-20(5-4-6-23(21)30-25)17-9-18(28)12-19(10-17)34-3/h4-14,30H,1-3H3,(H,31,32). The van der Waals surface area contributed by atoms with Gasteiger partial charge >= 0.3 is 0 Å². The summed E-state index contributed by atoms with van der Waals surface area (Å²) in [4.78, 5) is 7.92. The van der Waals surface area contributed by atoms with Crippen LogP contribution in [0.15, 0.2) is 66.9 Å². The first-order chi connectivity index (χ1) is 16.5. The van der Waals surface area contributed by atoms with Gasteiger partial charge in [-0.3, -0.25) is 5.10 Å². The first-order valence-electron chi connectivity index (χ1n) is 11.0. The molecule has 0 aliphatic heterocycles. The van der Waals surface area contributed by atoms with Crippen LogP contribution in [0.4, 0.5) is 4.39 Å². The van der Waals surface area contributed by atoms with E-state index in [9.17, 15) is 4.39 Å². The normalized spacial score (nSPS) is 11.5. The van der Waals surface area contributed by atoms with E-state index in [0.717, 1.165) is 61.4 Å². The van der Waals surface area contributed by atoms with Crippen LogP contribution < -0.4 is 4.74 Å². The van der Waals surface area contributed by atoms with Crippen molar-refractivity contribution in [1.29, 1.82) is 0 Å². The number of benzene rings is 3. The van der Waals surface area contributed by atoms with E-state index in [1.54, 1.807) is 0 Å². The first kappa shape index (κ1) is 20.2. The van der Waals surface area contributed by atoms with Crippen molar-refractivity contribution in [2.24, 2.45) is 7.05 Å². The molecule has 7 heteroatoms. The molecule has 168 valence electrons. The second kappa shape index (κ2) is 7.59. The summed E-state index contributed by atoms with van der Waals surface area (Å²) in [5.74, 6) is 1.11. The number of methoxy groups -OCH3 is 1. The number of fused-ring (bicyclic) bond motifs is 2. The van der Waals surface area contributed by atoms with Gasteiger partial charge in [-0.25, -0.2) is 9.37 Å². The van der Waals surface area contributed by atoms with Gasteiger partial charge in [-0.05, 0) is 54.4 Å². The first-order valence-corrected chi connectivity index (χ1v) is 11.0. The molecule has 6 aromatic rings. The van der Waals surface area contributed by atoms with Gasteiger partial charge in [0.15, 0.2) is 0 Å². The Labute approximate surface area is 195 Å². The molecule has 0 amide bonds. The van der Waals surface area contributed by atoms with Gasteiger partial charge in [-0.1, -0.05) is 18.2 Å². The molecule has 0 bridgehead atoms. The number of ether oxygens (including phenoxy) is 1. The van der Waals surface area contributed by atoms with E-state index in [2.05, 4.69) is 42.9 Å². The lowest BCUT2D eigenvalue weighted by Gasteiger charge is -2.07. The van der Waals surface area contributed by atoms with Gasteiger partial charge in [0.1, 0.15) is 23.1 Å². The Morgan fingerprint density at radius 1 is 0.941 bits per heavy atom. The maximum Gasteiger partial charge on any atom is 0.127 e. The van der Waals surface area contributed by atoms with Crippen molar-refractivity contribution in [2.45, 2.75) is 6.92 Å². The van der Waals surface area contributed by atoms with Gasteiger partial charge < -0.3 is 14.3 Å². The fourth-order valence-corrected chi connectivity index (χ4v) is 4.52. The number of aromatic amines is 2. The fourth-order valence-electron chi connectivity index (χ4n) is 4.52. The average molecular weight is 452 g/mol. The van der Waals surface area contributed by atoms with Crippen LogP contribution in [0.3, 0.4) is 0 Å². The van der Waals surface area contributed by atoms with E-state index < -0.39 is 0 Å². The molecule has 6 rings (SSSR count). The molecule has 3 aromatic heterocycles. The number of nitrogens with zero attached hydrogens (tertiary/aromatic N) is 3. The largest absolute Gasteiger partial charge is 0.497 e. The highest BCUT2D eigenvalue weighted by Crippen LogP contribution is 2.36. The molecule has 2 N–H and O–H groups in total. The zero-order chi connectivity index (χ0) is 23.4. The second-order valence-electron chi connectivity index (χ2n) is 8.41. The average Bonchev–Trinajstić information content (AvgIpc) is 3.54. The molecule has 3 heterocycles. The minimum atomic E-state index is -0.335. The van der Waals surface area contributed by atoms with E-state index >= 15 is 0 Å². The Bertz CT molecular complexity index is 1690. The number of rotatable bonds is 4. The van der Waals surface area contributed by atoms with Crippen molar-refractivity contribution in [3.63, 3.8) is 0 Å². The maximum atomic E-state index is 14.2. The molecule has 0 spiro atoms. The van der Waals surface area contributed by atoms with Crippen molar-refractivity contribution >= 4 is 21.8 Å². The summed E-state index contributed by atoms with van der Waals surface area (Å²) in [7, 11) is 3.55. The van der Waals surface area contributed by atoms with Crippen molar-refractivity contribution in [2.75, 3.05) is 7.11 Å². The molecule has 0 fully saturated rings.